The van der Waals surface area contributed by atoms with Crippen LogP contribution in [0.1, 0.15) is 77.0 Å². The lowest BCUT2D eigenvalue weighted by Gasteiger charge is -2.49. The van der Waals surface area contributed by atoms with Gasteiger partial charge in [-0.1, -0.05) is 24.3 Å². The third-order valence-electron chi connectivity index (χ3n) is 8.32. The molecule has 7 heteroatoms. The number of fused-ring (bicyclic) bond motifs is 3. The molecule has 0 amide bonds. The van der Waals surface area contributed by atoms with Crippen LogP contribution in [0.15, 0.2) is 42.5 Å². The largest absolute Gasteiger partial charge is 0.416 e. The summed E-state index contributed by atoms with van der Waals surface area (Å²) >= 11 is 0. The molecular formula is C29H40F3N3O. The van der Waals surface area contributed by atoms with E-state index in [-0.39, 0.29) is 35.2 Å². The summed E-state index contributed by atoms with van der Waals surface area (Å²) in [6.45, 7) is 9.68. The third kappa shape index (κ3) is 5.53. The van der Waals surface area contributed by atoms with Crippen LogP contribution in [0.3, 0.4) is 0 Å². The van der Waals surface area contributed by atoms with Gasteiger partial charge in [0.25, 0.3) is 0 Å². The molecule has 2 saturated heterocycles. The zero-order valence-electron chi connectivity index (χ0n) is 21.8. The Labute approximate surface area is 213 Å². The van der Waals surface area contributed by atoms with Crippen LogP contribution in [0.5, 0.6) is 0 Å². The number of hydrogen-bond acceptors (Lipinski definition) is 4. The van der Waals surface area contributed by atoms with Gasteiger partial charge in [0.15, 0.2) is 0 Å². The number of hydrogen-bond donors (Lipinski definition) is 3. The molecular weight excluding hydrogens is 463 g/mol. The lowest BCUT2D eigenvalue weighted by molar-refractivity contribution is -0.138. The Balaban J connectivity index is 1.35. The number of halogens is 3. The van der Waals surface area contributed by atoms with Gasteiger partial charge in [0.2, 0.25) is 0 Å². The van der Waals surface area contributed by atoms with Crippen molar-refractivity contribution < 1.29 is 17.9 Å². The van der Waals surface area contributed by atoms with Gasteiger partial charge < -0.3 is 20.7 Å². The molecule has 1 unspecified atom stereocenters. The zero-order chi connectivity index (χ0) is 25.7. The Morgan fingerprint density at radius 3 is 2.47 bits per heavy atom. The van der Waals surface area contributed by atoms with Crippen LogP contribution in [0.4, 0.5) is 18.9 Å². The quantitative estimate of drug-likeness (QED) is 0.447. The maximum atomic E-state index is 13.6. The average molecular weight is 504 g/mol. The molecule has 3 N–H and O–H groups in total. The first-order valence-electron chi connectivity index (χ1n) is 13.4. The lowest BCUT2D eigenvalue weighted by atomic mass is 9.73. The van der Waals surface area contributed by atoms with E-state index in [1.54, 1.807) is 6.07 Å². The molecule has 1 aromatic carbocycles. The molecule has 5 atom stereocenters. The van der Waals surface area contributed by atoms with E-state index < -0.39 is 11.7 Å². The van der Waals surface area contributed by atoms with Gasteiger partial charge in [-0.2, -0.15) is 13.2 Å². The van der Waals surface area contributed by atoms with Crippen molar-refractivity contribution in [3.8, 4) is 0 Å². The second-order valence-corrected chi connectivity index (χ2v) is 12.5. The highest BCUT2D eigenvalue weighted by atomic mass is 19.4. The van der Waals surface area contributed by atoms with Gasteiger partial charge in [0, 0.05) is 52.8 Å². The topological polar surface area (TPSA) is 45.3 Å². The van der Waals surface area contributed by atoms with Gasteiger partial charge in [-0.25, -0.2) is 0 Å². The molecule has 2 fully saturated rings. The van der Waals surface area contributed by atoms with Crippen LogP contribution in [-0.4, -0.2) is 35.8 Å². The summed E-state index contributed by atoms with van der Waals surface area (Å²) in [5, 5.41) is 11.1. The van der Waals surface area contributed by atoms with E-state index in [4.69, 9.17) is 4.74 Å². The number of ether oxygens (including phenoxy) is 1. The van der Waals surface area contributed by atoms with Crippen LogP contribution in [0.25, 0.3) is 0 Å². The second kappa shape index (κ2) is 9.48. The number of allylic oxidation sites excluding steroid dienone is 3. The Kier molecular flexibility index (Phi) is 6.80. The Hall–Kier alpha value is -1.83. The highest BCUT2D eigenvalue weighted by Crippen LogP contribution is 2.49. The Bertz CT molecular complexity index is 1000. The SMILES string of the molecule is CC1(C)CC(NC[C@H]2CC[C@@H]3[C@H](O2)c2cc(C(F)(F)F)ccc2N[C@H]3C2C=CC=CC2)CC(C)(C)N1. The first kappa shape index (κ1) is 25.8. The van der Waals surface area contributed by atoms with Gasteiger partial charge in [-0.3, -0.25) is 0 Å². The molecule has 4 nitrogen and oxygen atoms in total. The molecule has 0 saturated carbocycles. The number of benzene rings is 1. The molecule has 0 aromatic heterocycles. The molecule has 0 spiro atoms. The van der Waals surface area contributed by atoms with Crippen molar-refractivity contribution in [2.24, 2.45) is 11.8 Å². The summed E-state index contributed by atoms with van der Waals surface area (Å²) < 4.78 is 47.4. The van der Waals surface area contributed by atoms with Crippen molar-refractivity contribution in [3.63, 3.8) is 0 Å². The summed E-state index contributed by atoms with van der Waals surface area (Å²) in [6, 6.07) is 4.60. The minimum atomic E-state index is -4.37. The number of piperidine rings is 1. The van der Waals surface area contributed by atoms with Gasteiger partial charge in [-0.15, -0.1) is 0 Å². The van der Waals surface area contributed by atoms with Gasteiger partial charge in [0.1, 0.15) is 0 Å². The summed E-state index contributed by atoms with van der Waals surface area (Å²) in [7, 11) is 0. The standard InChI is InChI=1S/C29H40F3N3O/c1-27(2)15-20(16-28(3,4)35-27)33-17-21-11-12-22-25(18-8-6-5-7-9-18)34-24-13-10-19(29(30,31)32)14-23(24)26(22)36-21/h5-8,10,13-14,18,20-22,25-26,33-35H,9,11-12,15-17H2,1-4H3/t18?,21-,22+,25+,26+/m1/s1. The fourth-order valence-electron chi connectivity index (χ4n) is 7.18. The van der Waals surface area contributed by atoms with E-state index in [2.05, 4.69) is 67.9 Å². The zero-order valence-corrected chi connectivity index (χ0v) is 21.8. The predicted molar refractivity (Wildman–Crippen MR) is 138 cm³/mol. The smallest absolute Gasteiger partial charge is 0.381 e. The summed E-state index contributed by atoms with van der Waals surface area (Å²) in [6.07, 6.45) is 8.62. The van der Waals surface area contributed by atoms with E-state index in [0.717, 1.165) is 44.3 Å². The van der Waals surface area contributed by atoms with E-state index >= 15 is 0 Å². The molecule has 3 aliphatic heterocycles. The van der Waals surface area contributed by atoms with Crippen molar-refractivity contribution in [1.82, 2.24) is 10.6 Å². The van der Waals surface area contributed by atoms with Crippen LogP contribution in [0.2, 0.25) is 0 Å². The van der Waals surface area contributed by atoms with Gasteiger partial charge >= 0.3 is 6.18 Å². The van der Waals surface area contributed by atoms with Crippen molar-refractivity contribution in [2.45, 2.75) is 101 Å². The molecule has 4 aliphatic rings. The van der Waals surface area contributed by atoms with Gasteiger partial charge in [-0.05, 0) is 78.0 Å². The van der Waals surface area contributed by atoms with Crippen LogP contribution in [-0.2, 0) is 10.9 Å². The number of alkyl halides is 3. The predicted octanol–water partition coefficient (Wildman–Crippen LogP) is 6.37. The average Bonchev–Trinajstić information content (AvgIpc) is 2.80. The monoisotopic (exact) mass is 503 g/mol. The molecule has 36 heavy (non-hydrogen) atoms. The number of nitrogens with one attached hydrogen (secondary N) is 3. The van der Waals surface area contributed by atoms with Crippen molar-refractivity contribution >= 4 is 5.69 Å². The fourth-order valence-corrected chi connectivity index (χ4v) is 7.18. The molecule has 3 heterocycles. The summed E-state index contributed by atoms with van der Waals surface area (Å²) in [5.41, 5.74) is 0.913. The van der Waals surface area contributed by atoms with E-state index in [1.807, 2.05) is 0 Å². The first-order chi connectivity index (χ1) is 16.9. The van der Waals surface area contributed by atoms with Crippen LogP contribution in [0, 0.1) is 11.8 Å². The molecule has 1 aromatic rings. The number of anilines is 1. The molecule has 198 valence electrons. The first-order valence-corrected chi connectivity index (χ1v) is 13.4. The van der Waals surface area contributed by atoms with Crippen LogP contribution < -0.4 is 16.0 Å². The lowest BCUT2D eigenvalue weighted by Crippen LogP contribution is -2.62. The van der Waals surface area contributed by atoms with Crippen LogP contribution >= 0.6 is 0 Å². The Morgan fingerprint density at radius 1 is 1.06 bits per heavy atom. The highest BCUT2D eigenvalue weighted by Gasteiger charge is 2.45. The molecule has 0 bridgehead atoms. The summed E-state index contributed by atoms with van der Waals surface area (Å²) in [5.74, 6) is 0.436. The number of rotatable bonds is 4. The van der Waals surface area contributed by atoms with Crippen molar-refractivity contribution in [1.29, 1.82) is 0 Å². The minimum Gasteiger partial charge on any atom is -0.381 e. The molecule has 1 aliphatic carbocycles. The second-order valence-electron chi connectivity index (χ2n) is 12.5. The third-order valence-corrected chi connectivity index (χ3v) is 8.32. The summed E-state index contributed by atoms with van der Waals surface area (Å²) in [4.78, 5) is 0. The maximum Gasteiger partial charge on any atom is 0.416 e. The fraction of sp³-hybridized carbons (Fsp3) is 0.655. The van der Waals surface area contributed by atoms with Crippen molar-refractivity contribution in [2.75, 3.05) is 11.9 Å². The van der Waals surface area contributed by atoms with Crippen molar-refractivity contribution in [3.05, 3.63) is 53.6 Å². The highest BCUT2D eigenvalue weighted by molar-refractivity contribution is 5.58. The molecule has 5 rings (SSSR count). The maximum absolute atomic E-state index is 13.6. The normalized spacial score (nSPS) is 33.5. The van der Waals surface area contributed by atoms with Gasteiger partial charge in [0.05, 0.1) is 17.8 Å². The van der Waals surface area contributed by atoms with E-state index in [0.29, 0.717) is 17.5 Å². The Morgan fingerprint density at radius 2 is 1.81 bits per heavy atom. The van der Waals surface area contributed by atoms with E-state index in [9.17, 15) is 13.2 Å². The molecule has 0 radical (unpaired) electrons. The van der Waals surface area contributed by atoms with E-state index in [1.165, 1.54) is 12.1 Å². The minimum absolute atomic E-state index is 0.0182.